The lowest BCUT2D eigenvalue weighted by Crippen LogP contribution is -2.49. The van der Waals surface area contributed by atoms with Crippen LogP contribution in [0.1, 0.15) is 52.9 Å². The van der Waals surface area contributed by atoms with E-state index in [0.29, 0.717) is 18.4 Å². The molecule has 0 spiro atoms. The number of sulfone groups is 1. The molecular weight excluding hydrogens is 425 g/mol. The third-order valence-electron chi connectivity index (χ3n) is 4.20. The minimum Gasteiger partial charge on any atom is -0.357 e. The normalized spacial score (nSPS) is 22.6. The van der Waals surface area contributed by atoms with Gasteiger partial charge in [-0.1, -0.05) is 20.3 Å². The summed E-state index contributed by atoms with van der Waals surface area (Å²) in [7, 11) is -2.89. The summed E-state index contributed by atoms with van der Waals surface area (Å²) in [4.78, 5) is 6.98. The van der Waals surface area contributed by atoms with Crippen LogP contribution in [0.15, 0.2) is 4.99 Å². The van der Waals surface area contributed by atoms with Gasteiger partial charge < -0.3 is 10.2 Å². The average molecular weight is 459 g/mol. The summed E-state index contributed by atoms with van der Waals surface area (Å²) >= 11 is 0. The van der Waals surface area contributed by atoms with Crippen molar-refractivity contribution in [2.24, 2.45) is 10.4 Å². The molecule has 0 amide bonds. The van der Waals surface area contributed by atoms with Gasteiger partial charge in [-0.3, -0.25) is 4.99 Å². The van der Waals surface area contributed by atoms with Crippen molar-refractivity contribution >= 4 is 39.8 Å². The van der Waals surface area contributed by atoms with E-state index in [-0.39, 0.29) is 29.7 Å². The van der Waals surface area contributed by atoms with E-state index < -0.39 is 9.84 Å². The van der Waals surface area contributed by atoms with E-state index in [2.05, 4.69) is 36.0 Å². The number of nitrogens with one attached hydrogen (secondary N) is 1. The number of rotatable bonds is 7. The highest BCUT2D eigenvalue weighted by Crippen LogP contribution is 2.33. The zero-order chi connectivity index (χ0) is 16.6. The Morgan fingerprint density at radius 1 is 1.35 bits per heavy atom. The molecule has 5 nitrogen and oxygen atoms in total. The molecule has 0 aromatic carbocycles. The molecule has 0 aromatic heterocycles. The number of nitrogens with zero attached hydrogens (tertiary/aromatic N) is 2. The molecule has 1 atom stereocenters. The van der Waals surface area contributed by atoms with Crippen molar-refractivity contribution in [3.05, 3.63) is 0 Å². The first-order valence-corrected chi connectivity index (χ1v) is 10.6. The van der Waals surface area contributed by atoms with Gasteiger partial charge >= 0.3 is 0 Å². The van der Waals surface area contributed by atoms with Gasteiger partial charge in [0.25, 0.3) is 0 Å². The summed E-state index contributed by atoms with van der Waals surface area (Å²) in [5.41, 5.74) is 0.371. The summed E-state index contributed by atoms with van der Waals surface area (Å²) in [6.45, 7) is 10.2. The fourth-order valence-corrected chi connectivity index (χ4v) is 3.89. The fourth-order valence-electron chi connectivity index (χ4n) is 3.24. The van der Waals surface area contributed by atoms with Crippen molar-refractivity contribution in [3.8, 4) is 0 Å². The number of hydrogen-bond donors (Lipinski definition) is 1. The summed E-state index contributed by atoms with van der Waals surface area (Å²) < 4.78 is 22.4. The molecule has 0 radical (unpaired) electrons. The lowest BCUT2D eigenvalue weighted by atomic mass is 9.78. The molecule has 1 unspecified atom stereocenters. The molecule has 0 saturated carbocycles. The molecule has 138 valence electrons. The standard InChI is InChI=1S/C16H33N3O2S.HI/c1-5-9-16(3)10-7-12-19(14-16)15(17-6-2)18-11-8-13-22(4,20)21;/h5-14H2,1-4H3,(H,17,18);1H. The lowest BCUT2D eigenvalue weighted by molar-refractivity contribution is 0.142. The Morgan fingerprint density at radius 2 is 2.04 bits per heavy atom. The van der Waals surface area contributed by atoms with Gasteiger partial charge in [0.15, 0.2) is 5.96 Å². The van der Waals surface area contributed by atoms with E-state index in [4.69, 9.17) is 0 Å². The smallest absolute Gasteiger partial charge is 0.193 e. The first-order valence-electron chi connectivity index (χ1n) is 8.50. The molecule has 0 aliphatic carbocycles. The van der Waals surface area contributed by atoms with Crippen LogP contribution in [0.4, 0.5) is 0 Å². The topological polar surface area (TPSA) is 61.8 Å². The molecule has 7 heteroatoms. The maximum absolute atomic E-state index is 11.2. The van der Waals surface area contributed by atoms with E-state index >= 15 is 0 Å². The van der Waals surface area contributed by atoms with E-state index in [0.717, 1.165) is 25.6 Å². The summed E-state index contributed by atoms with van der Waals surface area (Å²) in [6, 6.07) is 0. The van der Waals surface area contributed by atoms with E-state index in [1.807, 2.05) is 0 Å². The molecule has 0 aromatic rings. The van der Waals surface area contributed by atoms with E-state index in [1.54, 1.807) is 0 Å². The molecule has 0 bridgehead atoms. The third-order valence-corrected chi connectivity index (χ3v) is 5.23. The first kappa shape index (κ1) is 22.9. The van der Waals surface area contributed by atoms with Gasteiger partial charge in [0, 0.05) is 32.4 Å². The quantitative estimate of drug-likeness (QED) is 0.275. The van der Waals surface area contributed by atoms with Crippen LogP contribution >= 0.6 is 24.0 Å². The molecule has 1 fully saturated rings. The molecule has 1 aliphatic rings. The van der Waals surface area contributed by atoms with Crippen molar-refractivity contribution in [1.82, 2.24) is 10.2 Å². The maximum atomic E-state index is 11.2. The number of aliphatic imine (C=N–C) groups is 1. The Bertz CT molecular complexity index is 464. The van der Waals surface area contributed by atoms with Crippen molar-refractivity contribution in [2.45, 2.75) is 52.9 Å². The Kier molecular flexibility index (Phi) is 10.7. The summed E-state index contributed by atoms with van der Waals surface area (Å²) in [5.74, 6) is 1.15. The molecular formula is C16H34IN3O2S. The molecule has 1 heterocycles. The van der Waals surface area contributed by atoms with Gasteiger partial charge in [0.2, 0.25) is 0 Å². The number of guanidine groups is 1. The zero-order valence-electron chi connectivity index (χ0n) is 15.1. The van der Waals surface area contributed by atoms with Crippen molar-refractivity contribution in [3.63, 3.8) is 0 Å². The highest BCUT2D eigenvalue weighted by molar-refractivity contribution is 14.0. The predicted octanol–water partition coefficient (Wildman–Crippen LogP) is 2.91. The largest absolute Gasteiger partial charge is 0.357 e. The van der Waals surface area contributed by atoms with E-state index in [9.17, 15) is 8.42 Å². The first-order chi connectivity index (χ1) is 10.3. The highest BCUT2D eigenvalue weighted by Gasteiger charge is 2.31. The van der Waals surface area contributed by atoms with Crippen LogP contribution in [-0.2, 0) is 9.84 Å². The minimum atomic E-state index is -2.89. The molecule has 1 N–H and O–H groups in total. The lowest BCUT2D eigenvalue weighted by Gasteiger charge is -2.42. The Morgan fingerprint density at radius 3 is 2.61 bits per heavy atom. The van der Waals surface area contributed by atoms with Crippen LogP contribution in [0.3, 0.4) is 0 Å². The third kappa shape index (κ3) is 9.12. The van der Waals surface area contributed by atoms with Crippen LogP contribution < -0.4 is 5.32 Å². The SMILES string of the molecule is CCCC1(C)CCCN(C(=NCCCS(C)(=O)=O)NCC)C1.I. The predicted molar refractivity (Wildman–Crippen MR) is 110 cm³/mol. The maximum Gasteiger partial charge on any atom is 0.193 e. The Hall–Kier alpha value is -0.0500. The number of halogens is 1. The zero-order valence-corrected chi connectivity index (χ0v) is 18.2. The second-order valence-corrected chi connectivity index (χ2v) is 9.06. The van der Waals surface area contributed by atoms with Crippen molar-refractivity contribution < 1.29 is 8.42 Å². The minimum absolute atomic E-state index is 0. The monoisotopic (exact) mass is 459 g/mol. The van der Waals surface area contributed by atoms with Gasteiger partial charge in [-0.2, -0.15) is 0 Å². The highest BCUT2D eigenvalue weighted by atomic mass is 127. The van der Waals surface area contributed by atoms with E-state index in [1.165, 1.54) is 31.9 Å². The van der Waals surface area contributed by atoms with Crippen LogP contribution in [0.2, 0.25) is 0 Å². The van der Waals surface area contributed by atoms with Crippen LogP contribution in [-0.4, -0.2) is 57.5 Å². The van der Waals surface area contributed by atoms with Crippen LogP contribution in [0.5, 0.6) is 0 Å². The molecule has 1 aliphatic heterocycles. The van der Waals surface area contributed by atoms with Gasteiger partial charge in [0.05, 0.1) is 5.75 Å². The summed E-state index contributed by atoms with van der Waals surface area (Å²) in [6.07, 6.45) is 6.81. The number of piperidine rings is 1. The number of likely N-dealkylation sites (tertiary alicyclic amines) is 1. The van der Waals surface area contributed by atoms with Crippen molar-refractivity contribution in [2.75, 3.05) is 38.2 Å². The molecule has 1 rings (SSSR count). The fraction of sp³-hybridized carbons (Fsp3) is 0.938. The second-order valence-electron chi connectivity index (χ2n) is 6.80. The Labute approximate surface area is 159 Å². The summed E-state index contributed by atoms with van der Waals surface area (Å²) in [5, 5.41) is 3.36. The van der Waals surface area contributed by atoms with Gasteiger partial charge in [0.1, 0.15) is 9.84 Å². The Balaban J connectivity index is 0.00000484. The average Bonchev–Trinajstić information content (AvgIpc) is 2.41. The van der Waals surface area contributed by atoms with Gasteiger partial charge in [-0.25, -0.2) is 8.42 Å². The van der Waals surface area contributed by atoms with Crippen molar-refractivity contribution in [1.29, 1.82) is 0 Å². The molecule has 23 heavy (non-hydrogen) atoms. The van der Waals surface area contributed by atoms with Gasteiger partial charge in [-0.05, 0) is 38.0 Å². The molecule has 1 saturated heterocycles. The number of hydrogen-bond acceptors (Lipinski definition) is 3. The van der Waals surface area contributed by atoms with Crippen LogP contribution in [0, 0.1) is 5.41 Å². The van der Waals surface area contributed by atoms with Crippen LogP contribution in [0.25, 0.3) is 0 Å². The second kappa shape index (κ2) is 10.7. The van der Waals surface area contributed by atoms with Gasteiger partial charge in [-0.15, -0.1) is 24.0 Å².